The third-order valence-electron chi connectivity index (χ3n) is 7.70. The second kappa shape index (κ2) is 8.30. The van der Waals surface area contributed by atoms with Gasteiger partial charge in [0, 0.05) is 25.2 Å². The maximum absolute atomic E-state index is 13.3. The van der Waals surface area contributed by atoms with Crippen molar-refractivity contribution in [3.8, 4) is 0 Å². The number of rotatable bonds is 2. The van der Waals surface area contributed by atoms with Crippen LogP contribution in [0.1, 0.15) is 69.2 Å². The van der Waals surface area contributed by atoms with E-state index in [1.807, 2.05) is 60.9 Å². The van der Waals surface area contributed by atoms with Gasteiger partial charge in [-0.05, 0) is 68.1 Å². The molecule has 2 saturated heterocycles. The van der Waals surface area contributed by atoms with Crippen LogP contribution in [-0.2, 0) is 14.9 Å². The summed E-state index contributed by atoms with van der Waals surface area (Å²) in [6.45, 7) is 11.4. The topological polar surface area (TPSA) is 49.9 Å². The summed E-state index contributed by atoms with van der Waals surface area (Å²) in [6.07, 6.45) is 3.05. The number of hydrogen-bond donors (Lipinski definition) is 0. The molecule has 1 aliphatic carbocycles. The van der Waals surface area contributed by atoms with Crippen LogP contribution >= 0.6 is 0 Å². The molecule has 2 heterocycles. The minimum absolute atomic E-state index is 0.0133. The van der Waals surface area contributed by atoms with Crippen molar-refractivity contribution in [2.75, 3.05) is 13.1 Å². The van der Waals surface area contributed by atoms with Gasteiger partial charge in [0.1, 0.15) is 5.60 Å². The fourth-order valence-electron chi connectivity index (χ4n) is 6.23. The highest BCUT2D eigenvalue weighted by Crippen LogP contribution is 2.56. The van der Waals surface area contributed by atoms with Crippen LogP contribution in [0.25, 0.3) is 5.70 Å². The van der Waals surface area contributed by atoms with E-state index in [1.165, 1.54) is 11.1 Å². The van der Waals surface area contributed by atoms with Crippen molar-refractivity contribution in [2.45, 2.75) is 63.5 Å². The average molecular weight is 459 g/mol. The standard InChI is InChI=1S/C29H34N2O3/c1-20(21-10-6-5-7-11-21)31-25(32)18-22-19-29(24-13-9-8-12-23(24)26(22)31)14-16-30(17-15-29)27(33)34-28(2,3)4/h5-13,22,26H,1,14-19H2,2-4H3/t22-,26-/m0/s1. The highest BCUT2D eigenvalue weighted by atomic mass is 16.6. The average Bonchev–Trinajstić information content (AvgIpc) is 3.14. The highest BCUT2D eigenvalue weighted by Gasteiger charge is 2.53. The molecule has 34 heavy (non-hydrogen) atoms. The highest BCUT2D eigenvalue weighted by molar-refractivity contribution is 5.89. The maximum Gasteiger partial charge on any atom is 0.410 e. The molecule has 0 radical (unpaired) electrons. The van der Waals surface area contributed by atoms with Crippen LogP contribution in [0, 0.1) is 5.92 Å². The predicted octanol–water partition coefficient (Wildman–Crippen LogP) is 5.92. The van der Waals surface area contributed by atoms with Crippen LogP contribution in [0.2, 0.25) is 0 Å². The van der Waals surface area contributed by atoms with E-state index >= 15 is 0 Å². The Labute approximate surface area is 202 Å². The summed E-state index contributed by atoms with van der Waals surface area (Å²) in [5, 5.41) is 0. The number of nitrogens with zero attached hydrogens (tertiary/aromatic N) is 2. The van der Waals surface area contributed by atoms with Gasteiger partial charge in [0.15, 0.2) is 0 Å². The molecule has 5 heteroatoms. The molecular weight excluding hydrogens is 424 g/mol. The van der Waals surface area contributed by atoms with Crippen molar-refractivity contribution < 1.29 is 14.3 Å². The van der Waals surface area contributed by atoms with Gasteiger partial charge in [0.25, 0.3) is 0 Å². The normalized spacial score (nSPS) is 23.4. The number of ether oxygens (including phenoxy) is 1. The van der Waals surface area contributed by atoms with Gasteiger partial charge in [-0.1, -0.05) is 61.2 Å². The first-order valence-electron chi connectivity index (χ1n) is 12.3. The van der Waals surface area contributed by atoms with Crippen molar-refractivity contribution in [3.05, 3.63) is 77.9 Å². The Hall–Kier alpha value is -3.08. The molecule has 5 rings (SSSR count). The number of hydrogen-bond acceptors (Lipinski definition) is 3. The summed E-state index contributed by atoms with van der Waals surface area (Å²) in [6, 6.07) is 18.6. The third kappa shape index (κ3) is 3.91. The van der Waals surface area contributed by atoms with Crippen LogP contribution in [0.4, 0.5) is 4.79 Å². The fraction of sp³-hybridized carbons (Fsp3) is 0.448. The molecule has 2 amide bonds. The Morgan fingerprint density at radius 2 is 1.68 bits per heavy atom. The number of carbonyl (C=O) groups excluding carboxylic acids is 2. The van der Waals surface area contributed by atoms with Crippen LogP contribution in [-0.4, -0.2) is 40.5 Å². The van der Waals surface area contributed by atoms with Gasteiger partial charge in [0.2, 0.25) is 5.91 Å². The Morgan fingerprint density at radius 1 is 1.03 bits per heavy atom. The lowest BCUT2D eigenvalue weighted by atomic mass is 9.60. The number of amides is 2. The first-order valence-corrected chi connectivity index (χ1v) is 12.3. The summed E-state index contributed by atoms with van der Waals surface area (Å²) in [5.41, 5.74) is 3.84. The molecule has 0 N–H and O–H groups in total. The van der Waals surface area contributed by atoms with Crippen molar-refractivity contribution in [3.63, 3.8) is 0 Å². The predicted molar refractivity (Wildman–Crippen MR) is 133 cm³/mol. The summed E-state index contributed by atoms with van der Waals surface area (Å²) < 4.78 is 5.61. The molecule has 5 nitrogen and oxygen atoms in total. The van der Waals surface area contributed by atoms with Gasteiger partial charge in [0.05, 0.1) is 6.04 Å². The second-order valence-corrected chi connectivity index (χ2v) is 11.0. The third-order valence-corrected chi connectivity index (χ3v) is 7.70. The zero-order valence-electron chi connectivity index (χ0n) is 20.4. The minimum atomic E-state index is -0.494. The lowest BCUT2D eigenvalue weighted by molar-refractivity contribution is -0.125. The minimum Gasteiger partial charge on any atom is -0.444 e. The van der Waals surface area contributed by atoms with E-state index in [9.17, 15) is 9.59 Å². The number of likely N-dealkylation sites (tertiary alicyclic amines) is 2. The van der Waals surface area contributed by atoms with Crippen molar-refractivity contribution in [1.29, 1.82) is 0 Å². The summed E-state index contributed by atoms with van der Waals surface area (Å²) in [7, 11) is 0. The first-order chi connectivity index (χ1) is 16.2. The van der Waals surface area contributed by atoms with E-state index in [2.05, 4.69) is 30.8 Å². The second-order valence-electron chi connectivity index (χ2n) is 11.0. The molecule has 2 fully saturated rings. The van der Waals surface area contributed by atoms with E-state index in [4.69, 9.17) is 4.74 Å². The fourth-order valence-corrected chi connectivity index (χ4v) is 6.23. The maximum atomic E-state index is 13.3. The first kappa shape index (κ1) is 22.7. The zero-order valence-corrected chi connectivity index (χ0v) is 20.4. The van der Waals surface area contributed by atoms with Gasteiger partial charge in [-0.15, -0.1) is 0 Å². The lowest BCUT2D eigenvalue weighted by Gasteiger charge is -2.49. The molecule has 178 valence electrons. The molecule has 3 aliphatic rings. The number of benzene rings is 2. The van der Waals surface area contributed by atoms with Gasteiger partial charge in [-0.2, -0.15) is 0 Å². The van der Waals surface area contributed by atoms with E-state index < -0.39 is 5.60 Å². The van der Waals surface area contributed by atoms with Crippen molar-refractivity contribution in [1.82, 2.24) is 9.80 Å². The molecule has 0 saturated carbocycles. The molecule has 0 unspecified atom stereocenters. The SMILES string of the molecule is C=C(c1ccccc1)N1C(=O)C[C@H]2CC3(CCN(C(=O)OC(C)(C)C)CC3)c3ccccc3[C@H]21. The smallest absolute Gasteiger partial charge is 0.410 e. The van der Waals surface area contributed by atoms with Gasteiger partial charge in [-0.25, -0.2) is 4.79 Å². The summed E-state index contributed by atoms with van der Waals surface area (Å²) in [4.78, 5) is 29.7. The van der Waals surface area contributed by atoms with Gasteiger partial charge < -0.3 is 14.5 Å². The van der Waals surface area contributed by atoms with E-state index in [1.54, 1.807) is 0 Å². The largest absolute Gasteiger partial charge is 0.444 e. The molecule has 2 atom stereocenters. The van der Waals surface area contributed by atoms with Crippen LogP contribution in [0.5, 0.6) is 0 Å². The van der Waals surface area contributed by atoms with Crippen LogP contribution in [0.3, 0.4) is 0 Å². The molecule has 2 aromatic carbocycles. The van der Waals surface area contributed by atoms with E-state index in [0.29, 0.717) is 19.5 Å². The molecule has 2 aliphatic heterocycles. The summed E-state index contributed by atoms with van der Waals surface area (Å²) >= 11 is 0. The lowest BCUT2D eigenvalue weighted by Crippen LogP contribution is -2.49. The Morgan fingerprint density at radius 3 is 2.35 bits per heavy atom. The van der Waals surface area contributed by atoms with Crippen LogP contribution < -0.4 is 0 Å². The Balaban J connectivity index is 1.43. The molecule has 0 bridgehead atoms. The van der Waals surface area contributed by atoms with Crippen molar-refractivity contribution in [2.24, 2.45) is 5.92 Å². The Bertz CT molecular complexity index is 1110. The van der Waals surface area contributed by atoms with Gasteiger partial charge in [-0.3, -0.25) is 4.79 Å². The Kier molecular flexibility index (Phi) is 5.54. The number of carbonyl (C=O) groups is 2. The zero-order chi connectivity index (χ0) is 24.1. The molecule has 2 aromatic rings. The van der Waals surface area contributed by atoms with Gasteiger partial charge >= 0.3 is 6.09 Å². The molecule has 1 spiro atoms. The van der Waals surface area contributed by atoms with E-state index in [-0.39, 0.29) is 29.4 Å². The number of piperidine rings is 1. The van der Waals surface area contributed by atoms with Crippen molar-refractivity contribution >= 4 is 17.7 Å². The van der Waals surface area contributed by atoms with E-state index in [0.717, 1.165) is 30.5 Å². The molecular formula is C29H34N2O3. The molecule has 0 aromatic heterocycles. The number of fused-ring (bicyclic) bond motifs is 4. The quantitative estimate of drug-likeness (QED) is 0.561. The van der Waals surface area contributed by atoms with Crippen LogP contribution in [0.15, 0.2) is 61.2 Å². The summed E-state index contributed by atoms with van der Waals surface area (Å²) in [5.74, 6) is 0.401. The monoisotopic (exact) mass is 458 g/mol.